The number of hydrogen-bond acceptors (Lipinski definition) is 7. The molecular weight excluding hydrogens is 442 g/mol. The van der Waals surface area contributed by atoms with Crippen LogP contribution < -0.4 is 15.3 Å². The van der Waals surface area contributed by atoms with Gasteiger partial charge in [-0.2, -0.15) is 4.98 Å². The molecule has 0 unspecified atom stereocenters. The fourth-order valence-electron chi connectivity index (χ4n) is 3.79. The third kappa shape index (κ3) is 3.37. The molecule has 0 aliphatic heterocycles. The minimum absolute atomic E-state index is 0.165. The Balaban J connectivity index is 1.79. The zero-order chi connectivity index (χ0) is 23.3. The third-order valence-corrected chi connectivity index (χ3v) is 5.79. The highest BCUT2D eigenvalue weighted by Gasteiger charge is 2.19. The minimum Gasteiger partial charge on any atom is -0.481 e. The first-order valence-electron chi connectivity index (χ1n) is 10.1. The Bertz CT molecular complexity index is 1570. The summed E-state index contributed by atoms with van der Waals surface area (Å²) in [6.45, 7) is 0. The number of nitrogens with zero attached hydrogens (tertiary/aromatic N) is 7. The van der Waals surface area contributed by atoms with Crippen molar-refractivity contribution in [1.29, 1.82) is 0 Å². The molecule has 0 amide bonds. The molecule has 0 radical (unpaired) electrons. The van der Waals surface area contributed by atoms with Crippen LogP contribution in [0.15, 0.2) is 53.7 Å². The zero-order valence-electron chi connectivity index (χ0n) is 18.4. The van der Waals surface area contributed by atoms with E-state index in [0.29, 0.717) is 28.5 Å². The number of methoxy groups -OCH3 is 1. The van der Waals surface area contributed by atoms with Crippen LogP contribution in [0.5, 0.6) is 5.88 Å². The number of benzene rings is 1. The molecule has 33 heavy (non-hydrogen) atoms. The smallest absolute Gasteiger partial charge is 0.333 e. The van der Waals surface area contributed by atoms with Crippen molar-refractivity contribution in [3.8, 4) is 22.7 Å². The van der Waals surface area contributed by atoms with E-state index in [0.717, 1.165) is 22.0 Å². The molecular formula is C23H20ClN7O2. The van der Waals surface area contributed by atoms with E-state index in [4.69, 9.17) is 16.3 Å². The maximum atomic E-state index is 13.3. The SMILES string of the molecule is COc1ccc(-n2c(=O)n(C)c3cnc4ccc(-c5cnc(N(C)C)nc5)cc4c32)c(Cl)n1. The van der Waals surface area contributed by atoms with E-state index in [1.165, 1.54) is 7.11 Å². The number of aromatic nitrogens is 6. The third-order valence-electron chi connectivity index (χ3n) is 5.51. The molecule has 0 bridgehead atoms. The van der Waals surface area contributed by atoms with Crippen molar-refractivity contribution in [2.75, 3.05) is 26.1 Å². The first-order valence-corrected chi connectivity index (χ1v) is 10.5. The van der Waals surface area contributed by atoms with Gasteiger partial charge in [-0.05, 0) is 23.8 Å². The second kappa shape index (κ2) is 7.86. The first-order chi connectivity index (χ1) is 15.9. The number of hydrogen-bond donors (Lipinski definition) is 0. The Morgan fingerprint density at radius 2 is 1.76 bits per heavy atom. The van der Waals surface area contributed by atoms with Gasteiger partial charge >= 0.3 is 5.69 Å². The number of ether oxygens (including phenoxy) is 1. The fourth-order valence-corrected chi connectivity index (χ4v) is 4.02. The quantitative estimate of drug-likeness (QED) is 0.378. The van der Waals surface area contributed by atoms with Crippen molar-refractivity contribution in [2.24, 2.45) is 7.05 Å². The van der Waals surface area contributed by atoms with Crippen LogP contribution in [0.4, 0.5) is 5.95 Å². The van der Waals surface area contributed by atoms with Gasteiger partial charge in [0.1, 0.15) is 0 Å². The van der Waals surface area contributed by atoms with E-state index >= 15 is 0 Å². The number of aryl methyl sites for hydroxylation is 1. The number of rotatable bonds is 4. The van der Waals surface area contributed by atoms with Crippen molar-refractivity contribution in [3.05, 3.63) is 64.6 Å². The Labute approximate surface area is 193 Å². The molecule has 9 nitrogen and oxygen atoms in total. The van der Waals surface area contributed by atoms with Gasteiger partial charge in [0, 0.05) is 50.6 Å². The lowest BCUT2D eigenvalue weighted by Gasteiger charge is -2.11. The molecule has 0 saturated heterocycles. The molecule has 5 rings (SSSR count). The van der Waals surface area contributed by atoms with Crippen LogP contribution in [0.3, 0.4) is 0 Å². The molecule has 0 atom stereocenters. The lowest BCUT2D eigenvalue weighted by molar-refractivity contribution is 0.398. The van der Waals surface area contributed by atoms with Crippen LogP contribution >= 0.6 is 11.6 Å². The largest absolute Gasteiger partial charge is 0.481 e. The van der Waals surface area contributed by atoms with Gasteiger partial charge in [-0.25, -0.2) is 14.8 Å². The maximum absolute atomic E-state index is 13.3. The maximum Gasteiger partial charge on any atom is 0.333 e. The lowest BCUT2D eigenvalue weighted by Crippen LogP contribution is -2.21. The average Bonchev–Trinajstić information content (AvgIpc) is 3.09. The summed E-state index contributed by atoms with van der Waals surface area (Å²) in [7, 11) is 7.00. The van der Waals surface area contributed by atoms with Gasteiger partial charge in [0.2, 0.25) is 11.8 Å². The van der Waals surface area contributed by atoms with Crippen molar-refractivity contribution in [2.45, 2.75) is 0 Å². The van der Waals surface area contributed by atoms with Gasteiger partial charge in [0.25, 0.3) is 0 Å². The van der Waals surface area contributed by atoms with Gasteiger partial charge in [0.15, 0.2) is 5.15 Å². The normalized spacial score (nSPS) is 11.3. The highest BCUT2D eigenvalue weighted by molar-refractivity contribution is 6.31. The van der Waals surface area contributed by atoms with Crippen molar-refractivity contribution in [1.82, 2.24) is 29.1 Å². The summed E-state index contributed by atoms with van der Waals surface area (Å²) in [5, 5.41) is 0.962. The Kier molecular flexibility index (Phi) is 4.98. The molecule has 166 valence electrons. The van der Waals surface area contributed by atoms with Gasteiger partial charge in [-0.1, -0.05) is 17.7 Å². The number of imidazole rings is 1. The molecule has 10 heteroatoms. The molecule has 4 aromatic heterocycles. The Morgan fingerprint density at radius 1 is 1.00 bits per heavy atom. The van der Waals surface area contributed by atoms with Gasteiger partial charge < -0.3 is 9.64 Å². The lowest BCUT2D eigenvalue weighted by atomic mass is 10.1. The molecule has 0 saturated carbocycles. The average molecular weight is 462 g/mol. The summed E-state index contributed by atoms with van der Waals surface area (Å²) >= 11 is 6.45. The monoisotopic (exact) mass is 461 g/mol. The van der Waals surface area contributed by atoms with Crippen LogP contribution in [-0.4, -0.2) is 50.3 Å². The van der Waals surface area contributed by atoms with Crippen LogP contribution in [0.25, 0.3) is 38.8 Å². The van der Waals surface area contributed by atoms with E-state index in [1.54, 1.807) is 46.9 Å². The molecule has 0 aliphatic rings. The predicted octanol–water partition coefficient (Wildman–Crippen LogP) is 3.46. The van der Waals surface area contributed by atoms with Gasteiger partial charge in [-0.15, -0.1) is 0 Å². The summed E-state index contributed by atoms with van der Waals surface area (Å²) in [6.07, 6.45) is 5.24. The second-order valence-corrected chi connectivity index (χ2v) is 8.09. The topological polar surface area (TPSA) is 91.0 Å². The predicted molar refractivity (Wildman–Crippen MR) is 129 cm³/mol. The first kappa shape index (κ1) is 20.9. The molecule has 0 fully saturated rings. The van der Waals surface area contributed by atoms with Gasteiger partial charge in [0.05, 0.1) is 35.5 Å². The number of pyridine rings is 2. The van der Waals surface area contributed by atoms with E-state index in [1.807, 2.05) is 37.2 Å². The van der Waals surface area contributed by atoms with Crippen LogP contribution in [0.1, 0.15) is 0 Å². The van der Waals surface area contributed by atoms with Crippen molar-refractivity contribution >= 4 is 39.5 Å². The van der Waals surface area contributed by atoms with E-state index in [-0.39, 0.29) is 10.8 Å². The van der Waals surface area contributed by atoms with Crippen LogP contribution in [0, 0.1) is 0 Å². The van der Waals surface area contributed by atoms with Crippen molar-refractivity contribution < 1.29 is 4.74 Å². The van der Waals surface area contributed by atoms with E-state index in [9.17, 15) is 4.79 Å². The minimum atomic E-state index is -0.253. The van der Waals surface area contributed by atoms with Crippen LogP contribution in [0.2, 0.25) is 5.15 Å². The highest BCUT2D eigenvalue weighted by atomic mass is 35.5. The summed E-state index contributed by atoms with van der Waals surface area (Å²) in [6, 6.07) is 9.26. The fraction of sp³-hybridized carbons (Fsp3) is 0.174. The summed E-state index contributed by atoms with van der Waals surface area (Å²) < 4.78 is 8.26. The summed E-state index contributed by atoms with van der Waals surface area (Å²) in [4.78, 5) is 32.7. The molecule has 0 spiro atoms. The highest BCUT2D eigenvalue weighted by Crippen LogP contribution is 2.31. The number of halogens is 1. The molecule has 0 aliphatic carbocycles. The van der Waals surface area contributed by atoms with Crippen molar-refractivity contribution in [3.63, 3.8) is 0 Å². The zero-order valence-corrected chi connectivity index (χ0v) is 19.2. The van der Waals surface area contributed by atoms with E-state index in [2.05, 4.69) is 19.9 Å². The molecule has 0 N–H and O–H groups in total. The number of fused-ring (bicyclic) bond motifs is 3. The number of anilines is 1. The Morgan fingerprint density at radius 3 is 2.42 bits per heavy atom. The van der Waals surface area contributed by atoms with Gasteiger partial charge in [-0.3, -0.25) is 14.1 Å². The Hall–Kier alpha value is -3.98. The standard InChI is InChI=1S/C23H20ClN7O2/c1-29(2)22-26-10-14(11-27-22)13-5-6-16-15(9-13)20-18(12-25-16)30(3)23(32)31(20)17-7-8-19(33-4)28-21(17)24/h5-12H,1-4H3. The summed E-state index contributed by atoms with van der Waals surface area (Å²) in [5.41, 5.74) is 4.08. The summed E-state index contributed by atoms with van der Waals surface area (Å²) in [5.74, 6) is 0.995. The molecule has 1 aromatic carbocycles. The van der Waals surface area contributed by atoms with Crippen LogP contribution in [-0.2, 0) is 7.05 Å². The second-order valence-electron chi connectivity index (χ2n) is 7.73. The molecule has 5 aromatic rings. The van der Waals surface area contributed by atoms with E-state index < -0.39 is 0 Å². The molecule has 4 heterocycles.